The monoisotopic (exact) mass is 384 g/mol. The van der Waals surface area contributed by atoms with Crippen molar-refractivity contribution < 1.29 is 12.8 Å². The maximum Gasteiger partial charge on any atom is 0.243 e. The molecule has 0 aromatic heterocycles. The summed E-state index contributed by atoms with van der Waals surface area (Å²) in [6.45, 7) is 2.28. The third kappa shape index (κ3) is 2.95. The Labute approximate surface area is 131 Å². The maximum atomic E-state index is 14.0. The molecule has 0 spiro atoms. The van der Waals surface area contributed by atoms with Crippen LogP contribution < -0.4 is 10.5 Å². The van der Waals surface area contributed by atoms with Crippen LogP contribution in [0.25, 0.3) is 0 Å². The number of hydrogen-bond donors (Lipinski definition) is 2. The van der Waals surface area contributed by atoms with Crippen LogP contribution in [0.1, 0.15) is 26.2 Å². The first-order valence-corrected chi connectivity index (χ1v) is 8.74. The Balaban J connectivity index is 2.30. The number of halogens is 3. The molecule has 4 nitrogen and oxygen atoms in total. The predicted molar refractivity (Wildman–Crippen MR) is 80.7 cm³/mol. The molecule has 0 unspecified atom stereocenters. The molecule has 2 rings (SSSR count). The average molecular weight is 386 g/mol. The summed E-state index contributed by atoms with van der Waals surface area (Å²) in [5, 5.41) is 0.0548. The van der Waals surface area contributed by atoms with Gasteiger partial charge in [-0.3, -0.25) is 0 Å². The van der Waals surface area contributed by atoms with Crippen molar-refractivity contribution in [2.45, 2.75) is 31.1 Å². The molecular weight excluding hydrogens is 371 g/mol. The summed E-state index contributed by atoms with van der Waals surface area (Å²) in [5.74, 6) is -0.993. The summed E-state index contributed by atoms with van der Waals surface area (Å²) < 4.78 is 41.0. The van der Waals surface area contributed by atoms with Gasteiger partial charge in [-0.25, -0.2) is 17.5 Å². The van der Waals surface area contributed by atoms with Gasteiger partial charge in [0.25, 0.3) is 0 Å². The minimum Gasteiger partial charge on any atom is -0.395 e. The standard InChI is InChI=1S/C12H15BrClFN2O2S/c1-12(3-2-4-12)6-17-20(18,19)8-5-7(14)9(13)11(16)10(8)15/h5,17H,2-4,6,16H2,1H3. The lowest BCUT2D eigenvalue weighted by Crippen LogP contribution is -2.40. The van der Waals surface area contributed by atoms with Gasteiger partial charge in [0.2, 0.25) is 10.0 Å². The highest BCUT2D eigenvalue weighted by atomic mass is 79.9. The number of hydrogen-bond acceptors (Lipinski definition) is 3. The molecule has 0 radical (unpaired) electrons. The van der Waals surface area contributed by atoms with Gasteiger partial charge in [0.1, 0.15) is 4.90 Å². The molecule has 0 atom stereocenters. The van der Waals surface area contributed by atoms with Gasteiger partial charge < -0.3 is 5.73 Å². The molecule has 0 aliphatic heterocycles. The molecule has 1 aliphatic carbocycles. The van der Waals surface area contributed by atoms with E-state index in [2.05, 4.69) is 20.7 Å². The summed E-state index contributed by atoms with van der Waals surface area (Å²) in [7, 11) is -3.97. The van der Waals surface area contributed by atoms with Gasteiger partial charge in [0.15, 0.2) is 5.82 Å². The molecule has 8 heteroatoms. The summed E-state index contributed by atoms with van der Waals surface area (Å²) in [6.07, 6.45) is 3.01. The first-order chi connectivity index (χ1) is 9.16. The van der Waals surface area contributed by atoms with E-state index in [1.165, 1.54) is 0 Å². The summed E-state index contributed by atoms with van der Waals surface area (Å²) >= 11 is 8.85. The van der Waals surface area contributed by atoms with E-state index in [1.54, 1.807) is 0 Å². The van der Waals surface area contributed by atoms with Crippen molar-refractivity contribution in [3.63, 3.8) is 0 Å². The van der Waals surface area contributed by atoms with Crippen LogP contribution in [0.2, 0.25) is 5.02 Å². The predicted octanol–water partition coefficient (Wildman–Crippen LogP) is 3.29. The van der Waals surface area contributed by atoms with Crippen molar-refractivity contribution in [1.82, 2.24) is 4.72 Å². The van der Waals surface area contributed by atoms with Gasteiger partial charge in [-0.1, -0.05) is 24.9 Å². The maximum absolute atomic E-state index is 14.0. The normalized spacial score (nSPS) is 17.8. The fraction of sp³-hybridized carbons (Fsp3) is 0.500. The SMILES string of the molecule is CC1(CNS(=O)(=O)c2cc(Cl)c(Br)c(N)c2F)CCC1. The summed E-state index contributed by atoms with van der Waals surface area (Å²) in [5.41, 5.74) is 5.14. The van der Waals surface area contributed by atoms with Gasteiger partial charge in [0, 0.05) is 6.54 Å². The van der Waals surface area contributed by atoms with Crippen LogP contribution in [0.15, 0.2) is 15.4 Å². The van der Waals surface area contributed by atoms with Gasteiger partial charge in [0.05, 0.1) is 15.2 Å². The zero-order valence-corrected chi connectivity index (χ0v) is 14.0. The number of anilines is 1. The lowest BCUT2D eigenvalue weighted by Gasteiger charge is -2.38. The number of nitrogen functional groups attached to an aromatic ring is 1. The third-order valence-corrected chi connectivity index (χ3v) is 6.48. The van der Waals surface area contributed by atoms with Gasteiger partial charge in [-0.2, -0.15) is 0 Å². The highest BCUT2D eigenvalue weighted by Crippen LogP contribution is 2.40. The number of nitrogens with two attached hydrogens (primary N) is 1. The Kier molecular flexibility index (Phi) is 4.35. The minimum atomic E-state index is -3.97. The summed E-state index contributed by atoms with van der Waals surface area (Å²) in [4.78, 5) is -0.522. The molecule has 1 saturated carbocycles. The number of benzene rings is 1. The molecule has 0 amide bonds. The Morgan fingerprint density at radius 2 is 2.15 bits per heavy atom. The molecule has 0 heterocycles. The molecule has 1 aromatic carbocycles. The van der Waals surface area contributed by atoms with Crippen molar-refractivity contribution >= 4 is 43.2 Å². The zero-order chi connectivity index (χ0) is 15.1. The molecule has 1 aliphatic rings. The second-order valence-electron chi connectivity index (χ2n) is 5.39. The number of nitrogens with one attached hydrogen (secondary N) is 1. The lowest BCUT2D eigenvalue weighted by atomic mass is 9.71. The van der Waals surface area contributed by atoms with E-state index in [0.29, 0.717) is 0 Å². The first kappa shape index (κ1) is 16.0. The molecule has 0 bridgehead atoms. The van der Waals surface area contributed by atoms with Crippen LogP contribution in [-0.2, 0) is 10.0 Å². The van der Waals surface area contributed by atoms with Crippen LogP contribution in [0, 0.1) is 11.2 Å². The van der Waals surface area contributed by atoms with Crippen molar-refractivity contribution in [2.24, 2.45) is 5.41 Å². The van der Waals surface area contributed by atoms with E-state index in [-0.39, 0.29) is 27.1 Å². The lowest BCUT2D eigenvalue weighted by molar-refractivity contribution is 0.166. The van der Waals surface area contributed by atoms with E-state index in [4.69, 9.17) is 17.3 Å². The highest BCUT2D eigenvalue weighted by Gasteiger charge is 2.34. The second kappa shape index (κ2) is 5.44. The van der Waals surface area contributed by atoms with E-state index in [0.717, 1.165) is 25.3 Å². The Bertz CT molecular complexity index is 647. The fourth-order valence-corrected chi connectivity index (χ4v) is 3.98. The third-order valence-electron chi connectivity index (χ3n) is 3.70. The molecule has 1 fully saturated rings. The Hall–Kier alpha value is -0.370. The quantitative estimate of drug-likeness (QED) is 0.617. The van der Waals surface area contributed by atoms with Crippen molar-refractivity contribution in [3.8, 4) is 0 Å². The molecule has 3 N–H and O–H groups in total. The van der Waals surface area contributed by atoms with Crippen LogP contribution in [0.3, 0.4) is 0 Å². The van der Waals surface area contributed by atoms with Crippen molar-refractivity contribution in [2.75, 3.05) is 12.3 Å². The smallest absolute Gasteiger partial charge is 0.243 e. The topological polar surface area (TPSA) is 72.2 Å². The molecular formula is C12H15BrClFN2O2S. The Morgan fingerprint density at radius 1 is 1.55 bits per heavy atom. The summed E-state index contributed by atoms with van der Waals surface area (Å²) in [6, 6.07) is 1.06. The van der Waals surface area contributed by atoms with E-state index in [9.17, 15) is 12.8 Å². The minimum absolute atomic E-state index is 0.0474. The highest BCUT2D eigenvalue weighted by molar-refractivity contribution is 9.10. The molecule has 20 heavy (non-hydrogen) atoms. The number of rotatable bonds is 4. The second-order valence-corrected chi connectivity index (χ2v) is 8.32. The first-order valence-electron chi connectivity index (χ1n) is 6.09. The molecule has 112 valence electrons. The van der Waals surface area contributed by atoms with Crippen LogP contribution in [-0.4, -0.2) is 15.0 Å². The van der Waals surface area contributed by atoms with Gasteiger partial charge in [-0.15, -0.1) is 0 Å². The molecule has 1 aromatic rings. The van der Waals surface area contributed by atoms with Crippen molar-refractivity contribution in [1.29, 1.82) is 0 Å². The zero-order valence-electron chi connectivity index (χ0n) is 10.8. The average Bonchev–Trinajstić information content (AvgIpc) is 2.35. The van der Waals surface area contributed by atoms with E-state index >= 15 is 0 Å². The van der Waals surface area contributed by atoms with E-state index in [1.807, 2.05) is 6.92 Å². The molecule has 0 saturated heterocycles. The fourth-order valence-electron chi connectivity index (χ4n) is 2.10. The largest absolute Gasteiger partial charge is 0.395 e. The van der Waals surface area contributed by atoms with E-state index < -0.39 is 20.7 Å². The van der Waals surface area contributed by atoms with Gasteiger partial charge in [-0.05, 0) is 40.3 Å². The van der Waals surface area contributed by atoms with Gasteiger partial charge >= 0.3 is 0 Å². The van der Waals surface area contributed by atoms with Crippen LogP contribution in [0.5, 0.6) is 0 Å². The van der Waals surface area contributed by atoms with Crippen LogP contribution >= 0.6 is 27.5 Å². The number of sulfonamides is 1. The Morgan fingerprint density at radius 3 is 2.65 bits per heavy atom. The van der Waals surface area contributed by atoms with Crippen molar-refractivity contribution in [3.05, 3.63) is 21.4 Å². The van der Waals surface area contributed by atoms with Crippen LogP contribution in [0.4, 0.5) is 10.1 Å².